The molecule has 1 aliphatic heterocycles. The lowest BCUT2D eigenvalue weighted by atomic mass is 9.95. The van der Waals surface area contributed by atoms with Crippen molar-refractivity contribution in [3.63, 3.8) is 0 Å². The molecule has 0 saturated carbocycles. The van der Waals surface area contributed by atoms with Crippen molar-refractivity contribution in [3.8, 4) is 0 Å². The molecule has 1 amide bonds. The molecule has 0 radical (unpaired) electrons. The molecule has 0 aromatic carbocycles. The van der Waals surface area contributed by atoms with Gasteiger partial charge in [0.15, 0.2) is 0 Å². The first-order chi connectivity index (χ1) is 10.8. The number of aromatic amines is 1. The highest BCUT2D eigenvalue weighted by Gasteiger charge is 2.28. The van der Waals surface area contributed by atoms with Crippen molar-refractivity contribution < 1.29 is 9.53 Å². The maximum absolute atomic E-state index is 12.1. The van der Waals surface area contributed by atoms with Crippen LogP contribution in [-0.4, -0.2) is 34.7 Å². The monoisotopic (exact) mass is 334 g/mol. The highest BCUT2D eigenvalue weighted by molar-refractivity contribution is 7.19. The number of nitrogens with one attached hydrogen (secondary N) is 1. The van der Waals surface area contributed by atoms with Gasteiger partial charge in [0.05, 0.1) is 4.70 Å². The van der Waals surface area contributed by atoms with E-state index in [9.17, 15) is 9.59 Å². The Morgan fingerprint density at radius 3 is 2.65 bits per heavy atom. The number of H-pyrrole nitrogens is 1. The number of ether oxygens (including phenoxy) is 1. The highest BCUT2D eigenvalue weighted by Crippen LogP contribution is 2.35. The predicted molar refractivity (Wildman–Crippen MR) is 92.2 cm³/mol. The Morgan fingerprint density at radius 2 is 2.04 bits per heavy atom. The van der Waals surface area contributed by atoms with Crippen LogP contribution in [0, 0.1) is 0 Å². The van der Waals surface area contributed by atoms with Gasteiger partial charge in [-0.3, -0.25) is 4.79 Å². The van der Waals surface area contributed by atoms with Crippen LogP contribution in [0.4, 0.5) is 4.79 Å². The molecule has 0 spiro atoms. The van der Waals surface area contributed by atoms with E-state index in [2.05, 4.69) is 11.1 Å². The highest BCUT2D eigenvalue weighted by atomic mass is 32.1. The lowest BCUT2D eigenvalue weighted by molar-refractivity contribution is 0.0205. The van der Waals surface area contributed by atoms with Gasteiger partial charge < -0.3 is 14.6 Å². The normalized spacial score (nSPS) is 16.7. The third kappa shape index (κ3) is 3.58. The van der Waals surface area contributed by atoms with Crippen molar-refractivity contribution in [2.45, 2.75) is 45.1 Å². The number of rotatable bonds is 1. The zero-order valence-corrected chi connectivity index (χ0v) is 14.5. The number of pyridine rings is 1. The maximum atomic E-state index is 12.1. The molecule has 0 aliphatic carbocycles. The lowest BCUT2D eigenvalue weighted by Gasteiger charge is -2.33. The largest absolute Gasteiger partial charge is 0.444 e. The Bertz CT molecular complexity index is 764. The van der Waals surface area contributed by atoms with Crippen molar-refractivity contribution in [1.29, 1.82) is 0 Å². The first-order valence-electron chi connectivity index (χ1n) is 7.92. The topological polar surface area (TPSA) is 62.4 Å². The van der Waals surface area contributed by atoms with Gasteiger partial charge in [0.2, 0.25) is 0 Å². The molecule has 2 aromatic heterocycles. The van der Waals surface area contributed by atoms with Gasteiger partial charge >= 0.3 is 6.09 Å². The molecule has 1 N–H and O–H groups in total. The number of amides is 1. The van der Waals surface area contributed by atoms with Gasteiger partial charge in [-0.2, -0.15) is 0 Å². The summed E-state index contributed by atoms with van der Waals surface area (Å²) in [6.45, 7) is 7.04. The third-order valence-electron chi connectivity index (χ3n) is 4.01. The number of likely N-dealkylation sites (tertiary alicyclic amines) is 1. The van der Waals surface area contributed by atoms with E-state index in [1.807, 2.05) is 26.8 Å². The van der Waals surface area contributed by atoms with Gasteiger partial charge in [0.25, 0.3) is 5.56 Å². The molecule has 0 bridgehead atoms. The molecule has 1 saturated heterocycles. The van der Waals surface area contributed by atoms with Crippen molar-refractivity contribution in [2.75, 3.05) is 13.1 Å². The number of carbonyl (C=O) groups excluding carboxylic acids is 1. The van der Waals surface area contributed by atoms with E-state index in [0.717, 1.165) is 22.9 Å². The second-order valence-corrected chi connectivity index (χ2v) is 8.07. The van der Waals surface area contributed by atoms with E-state index < -0.39 is 5.60 Å². The molecule has 1 fully saturated rings. The van der Waals surface area contributed by atoms with Crippen LogP contribution in [0.3, 0.4) is 0 Å². The van der Waals surface area contributed by atoms with Gasteiger partial charge in [0.1, 0.15) is 5.60 Å². The minimum atomic E-state index is -0.458. The van der Waals surface area contributed by atoms with Gasteiger partial charge in [0, 0.05) is 24.2 Å². The standard InChI is InChI=1S/C17H22N2O3S/c1-17(2,3)22-16(21)19-8-5-11(6-9-19)13-10-12-4-7-18-15(20)14(12)23-13/h4,7,10-11H,5-6,8-9H2,1-3H3,(H,18,20). The van der Waals surface area contributed by atoms with Crippen LogP contribution in [0.1, 0.15) is 44.4 Å². The average Bonchev–Trinajstić information content (AvgIpc) is 2.91. The molecule has 124 valence electrons. The Kier molecular flexibility index (Phi) is 4.19. The van der Waals surface area contributed by atoms with E-state index in [1.54, 1.807) is 22.4 Å². The number of hydrogen-bond donors (Lipinski definition) is 1. The van der Waals surface area contributed by atoms with E-state index >= 15 is 0 Å². The summed E-state index contributed by atoms with van der Waals surface area (Å²) in [4.78, 5) is 29.7. The lowest BCUT2D eigenvalue weighted by Crippen LogP contribution is -2.41. The van der Waals surface area contributed by atoms with Gasteiger partial charge in [-0.25, -0.2) is 4.79 Å². The minimum Gasteiger partial charge on any atom is -0.444 e. The van der Waals surface area contributed by atoms with Gasteiger partial charge in [-0.15, -0.1) is 11.3 Å². The first kappa shape index (κ1) is 16.1. The van der Waals surface area contributed by atoms with Crippen LogP contribution in [0.2, 0.25) is 0 Å². The zero-order chi connectivity index (χ0) is 16.6. The molecule has 1 aliphatic rings. The van der Waals surface area contributed by atoms with E-state index in [1.165, 1.54) is 4.88 Å². The van der Waals surface area contributed by atoms with Gasteiger partial charge in [-0.05, 0) is 57.0 Å². The Balaban J connectivity index is 1.67. The minimum absolute atomic E-state index is 0.0232. The average molecular weight is 334 g/mol. The summed E-state index contributed by atoms with van der Waals surface area (Å²) >= 11 is 1.57. The van der Waals surface area contributed by atoms with Crippen molar-refractivity contribution in [1.82, 2.24) is 9.88 Å². The number of hydrogen-bond acceptors (Lipinski definition) is 4. The summed E-state index contributed by atoms with van der Waals surface area (Å²) in [5, 5.41) is 1.00. The van der Waals surface area contributed by atoms with Crippen molar-refractivity contribution in [2.24, 2.45) is 0 Å². The van der Waals surface area contributed by atoms with Crippen LogP contribution in [0.5, 0.6) is 0 Å². The second-order valence-electron chi connectivity index (χ2n) is 6.98. The van der Waals surface area contributed by atoms with Crippen LogP contribution < -0.4 is 5.56 Å². The fraction of sp³-hybridized carbons (Fsp3) is 0.529. The summed E-state index contributed by atoms with van der Waals surface area (Å²) in [5.41, 5.74) is -0.481. The molecule has 0 unspecified atom stereocenters. The summed E-state index contributed by atoms with van der Waals surface area (Å²) in [6, 6.07) is 4.05. The zero-order valence-electron chi connectivity index (χ0n) is 13.7. The Hall–Kier alpha value is -1.82. The third-order valence-corrected chi connectivity index (χ3v) is 5.32. The molecule has 5 nitrogen and oxygen atoms in total. The number of aromatic nitrogens is 1. The molecule has 0 atom stereocenters. The second kappa shape index (κ2) is 6.00. The van der Waals surface area contributed by atoms with Crippen molar-refractivity contribution >= 4 is 27.5 Å². The summed E-state index contributed by atoms with van der Waals surface area (Å²) in [5.74, 6) is 0.408. The number of fused-ring (bicyclic) bond motifs is 1. The maximum Gasteiger partial charge on any atom is 0.410 e. The fourth-order valence-electron chi connectivity index (χ4n) is 2.87. The summed E-state index contributed by atoms with van der Waals surface area (Å²) in [6.07, 6.45) is 3.27. The van der Waals surface area contributed by atoms with Crippen LogP contribution in [-0.2, 0) is 4.74 Å². The number of thiophene rings is 1. The van der Waals surface area contributed by atoms with Crippen LogP contribution in [0.15, 0.2) is 23.1 Å². The smallest absolute Gasteiger partial charge is 0.410 e. The summed E-state index contributed by atoms with van der Waals surface area (Å²) < 4.78 is 6.21. The predicted octanol–water partition coefficient (Wildman–Crippen LogP) is 3.70. The van der Waals surface area contributed by atoms with Crippen LogP contribution >= 0.6 is 11.3 Å². The SMILES string of the molecule is CC(C)(C)OC(=O)N1CCC(c2cc3cc[nH]c(=O)c3s2)CC1. The molecule has 3 rings (SSSR count). The molecular formula is C17H22N2O3S. The van der Waals surface area contributed by atoms with E-state index in [-0.39, 0.29) is 11.7 Å². The van der Waals surface area contributed by atoms with Crippen molar-refractivity contribution in [3.05, 3.63) is 33.6 Å². The molecule has 3 heterocycles. The number of nitrogens with zero attached hydrogens (tertiary/aromatic N) is 1. The number of piperidine rings is 1. The summed E-state index contributed by atoms with van der Waals surface area (Å²) in [7, 11) is 0. The molecule has 6 heteroatoms. The van der Waals surface area contributed by atoms with Crippen LogP contribution in [0.25, 0.3) is 10.1 Å². The van der Waals surface area contributed by atoms with E-state index in [0.29, 0.717) is 19.0 Å². The van der Waals surface area contributed by atoms with Gasteiger partial charge in [-0.1, -0.05) is 0 Å². The first-order valence-corrected chi connectivity index (χ1v) is 8.74. The molecular weight excluding hydrogens is 312 g/mol. The van der Waals surface area contributed by atoms with E-state index in [4.69, 9.17) is 4.74 Å². The Morgan fingerprint density at radius 1 is 1.35 bits per heavy atom. The Labute approximate surface area is 139 Å². The fourth-order valence-corrected chi connectivity index (χ4v) is 4.09. The molecule has 2 aromatic rings. The number of carbonyl (C=O) groups is 1. The molecule has 23 heavy (non-hydrogen) atoms. The quantitative estimate of drug-likeness (QED) is 0.865.